The Morgan fingerprint density at radius 1 is 1.07 bits per heavy atom. The first kappa shape index (κ1) is 14.0. The van der Waals surface area contributed by atoms with Crippen LogP contribution >= 0.6 is 0 Å². The predicted octanol–water partition coefficient (Wildman–Crippen LogP) is 4.12. The fraction of sp³-hybridized carbons (Fsp3) is 1.00. The zero-order chi connectivity index (χ0) is 11.1. The van der Waals surface area contributed by atoms with Crippen molar-refractivity contribution in [1.29, 1.82) is 0 Å². The van der Waals surface area contributed by atoms with Crippen molar-refractivity contribution >= 4 is 0 Å². The quantitative estimate of drug-likeness (QED) is 0.618. The van der Waals surface area contributed by atoms with Crippen LogP contribution in [-0.2, 0) is 4.74 Å². The highest BCUT2D eigenvalue weighted by atomic mass is 16.5. The fourth-order valence-electron chi connectivity index (χ4n) is 1.99. The summed E-state index contributed by atoms with van der Waals surface area (Å²) in [6.07, 6.45) is 4.50. The lowest BCUT2D eigenvalue weighted by molar-refractivity contribution is 0.0180. The van der Waals surface area contributed by atoms with Gasteiger partial charge in [0.2, 0.25) is 0 Å². The van der Waals surface area contributed by atoms with Gasteiger partial charge in [0.25, 0.3) is 0 Å². The molecule has 0 saturated heterocycles. The lowest BCUT2D eigenvalue weighted by atomic mass is 9.81. The van der Waals surface area contributed by atoms with Gasteiger partial charge in [-0.2, -0.15) is 0 Å². The van der Waals surface area contributed by atoms with Crippen molar-refractivity contribution in [1.82, 2.24) is 0 Å². The number of ether oxygens (including phenoxy) is 1. The number of methoxy groups -OCH3 is 1. The summed E-state index contributed by atoms with van der Waals surface area (Å²) in [7, 11) is 1.83. The van der Waals surface area contributed by atoms with E-state index in [0.717, 1.165) is 17.8 Å². The summed E-state index contributed by atoms with van der Waals surface area (Å²) in [4.78, 5) is 0. The molecule has 0 N–H and O–H groups in total. The van der Waals surface area contributed by atoms with Gasteiger partial charge in [0, 0.05) is 7.11 Å². The smallest absolute Gasteiger partial charge is 0.0597 e. The van der Waals surface area contributed by atoms with Gasteiger partial charge in [-0.15, -0.1) is 0 Å². The molecule has 1 rings (SSSR count). The van der Waals surface area contributed by atoms with Crippen molar-refractivity contribution in [2.75, 3.05) is 7.11 Å². The highest BCUT2D eigenvalue weighted by molar-refractivity contribution is 4.75. The predicted molar refractivity (Wildman–Crippen MR) is 63.5 cm³/mol. The summed E-state index contributed by atoms with van der Waals surface area (Å²) in [5.41, 5.74) is 0. The van der Waals surface area contributed by atoms with Crippen molar-refractivity contribution in [3.05, 3.63) is 0 Å². The summed E-state index contributed by atoms with van der Waals surface area (Å²) in [5.74, 6) is 2.52. The van der Waals surface area contributed by atoms with Crippen LogP contribution in [0.3, 0.4) is 0 Å². The molecule has 14 heavy (non-hydrogen) atoms. The molecule has 86 valence electrons. The number of hydrogen-bond acceptors (Lipinski definition) is 1. The maximum absolute atomic E-state index is 5.35. The Morgan fingerprint density at radius 2 is 1.57 bits per heavy atom. The van der Waals surface area contributed by atoms with E-state index in [1.54, 1.807) is 0 Å². The molecule has 1 saturated carbocycles. The third kappa shape index (κ3) is 6.42. The summed E-state index contributed by atoms with van der Waals surface area (Å²) in [5, 5.41) is 0. The second kappa shape index (κ2) is 7.28. The molecular formula is C13H28O. The van der Waals surface area contributed by atoms with Gasteiger partial charge in [-0.3, -0.25) is 0 Å². The van der Waals surface area contributed by atoms with Gasteiger partial charge in [0.1, 0.15) is 0 Å². The minimum atomic E-state index is 0.538. The monoisotopic (exact) mass is 200 g/mol. The third-order valence-corrected chi connectivity index (χ3v) is 2.66. The SMILES string of the molecule is CC(C)C.CO[C@H]1CCC(C)C[C@@H]1C. The molecule has 0 spiro atoms. The van der Waals surface area contributed by atoms with Crippen LogP contribution in [0.25, 0.3) is 0 Å². The number of hydrogen-bond donors (Lipinski definition) is 0. The topological polar surface area (TPSA) is 9.23 Å². The van der Waals surface area contributed by atoms with Crippen molar-refractivity contribution in [2.45, 2.75) is 60.0 Å². The van der Waals surface area contributed by atoms with Gasteiger partial charge in [-0.25, -0.2) is 0 Å². The van der Waals surface area contributed by atoms with E-state index in [1.807, 2.05) is 7.11 Å². The molecule has 0 aromatic heterocycles. The Balaban J connectivity index is 0.000000364. The summed E-state index contributed by atoms with van der Waals surface area (Å²) >= 11 is 0. The second-order valence-electron chi connectivity index (χ2n) is 5.40. The normalized spacial score (nSPS) is 32.4. The Bertz CT molecular complexity index is 128. The van der Waals surface area contributed by atoms with E-state index < -0.39 is 0 Å². The van der Waals surface area contributed by atoms with Crippen LogP contribution < -0.4 is 0 Å². The Labute approximate surface area is 90.2 Å². The molecule has 0 amide bonds. The molecule has 0 aliphatic heterocycles. The van der Waals surface area contributed by atoms with E-state index in [1.165, 1.54) is 19.3 Å². The molecule has 1 fully saturated rings. The lowest BCUT2D eigenvalue weighted by Crippen LogP contribution is -2.27. The molecule has 0 aromatic rings. The van der Waals surface area contributed by atoms with E-state index in [2.05, 4.69) is 34.6 Å². The second-order valence-corrected chi connectivity index (χ2v) is 5.40. The molecule has 1 aliphatic carbocycles. The van der Waals surface area contributed by atoms with Crippen LogP contribution in [0.2, 0.25) is 0 Å². The molecule has 1 unspecified atom stereocenters. The van der Waals surface area contributed by atoms with Gasteiger partial charge < -0.3 is 4.74 Å². The Kier molecular flexibility index (Phi) is 7.26. The maximum atomic E-state index is 5.35. The van der Waals surface area contributed by atoms with E-state index in [4.69, 9.17) is 4.74 Å². The van der Waals surface area contributed by atoms with Crippen LogP contribution in [-0.4, -0.2) is 13.2 Å². The molecule has 0 bridgehead atoms. The maximum Gasteiger partial charge on any atom is 0.0597 e. The highest BCUT2D eigenvalue weighted by Gasteiger charge is 2.24. The molecular weight excluding hydrogens is 172 g/mol. The molecule has 3 atom stereocenters. The number of rotatable bonds is 1. The molecule has 0 radical (unpaired) electrons. The van der Waals surface area contributed by atoms with Gasteiger partial charge in [0.15, 0.2) is 0 Å². The van der Waals surface area contributed by atoms with Crippen LogP contribution in [0, 0.1) is 17.8 Å². The van der Waals surface area contributed by atoms with Crippen molar-refractivity contribution < 1.29 is 4.74 Å². The first-order chi connectivity index (χ1) is 6.47. The van der Waals surface area contributed by atoms with E-state index in [0.29, 0.717) is 6.10 Å². The minimum Gasteiger partial charge on any atom is -0.381 e. The van der Waals surface area contributed by atoms with Crippen LogP contribution in [0.1, 0.15) is 53.9 Å². The van der Waals surface area contributed by atoms with Crippen LogP contribution in [0.5, 0.6) is 0 Å². The minimum absolute atomic E-state index is 0.538. The van der Waals surface area contributed by atoms with Gasteiger partial charge in [0.05, 0.1) is 6.10 Å². The fourth-order valence-corrected chi connectivity index (χ4v) is 1.99. The molecule has 0 heterocycles. The summed E-state index contributed by atoms with van der Waals surface area (Å²) < 4.78 is 5.35. The lowest BCUT2D eigenvalue weighted by Gasteiger charge is -2.31. The Hall–Kier alpha value is -0.0400. The summed E-state index contributed by atoms with van der Waals surface area (Å²) in [6, 6.07) is 0. The summed E-state index contributed by atoms with van der Waals surface area (Å²) in [6.45, 7) is 11.1. The van der Waals surface area contributed by atoms with E-state index >= 15 is 0 Å². The highest BCUT2D eigenvalue weighted by Crippen LogP contribution is 2.29. The first-order valence-electron chi connectivity index (χ1n) is 6.00. The average molecular weight is 200 g/mol. The van der Waals surface area contributed by atoms with E-state index in [-0.39, 0.29) is 0 Å². The van der Waals surface area contributed by atoms with Crippen LogP contribution in [0.4, 0.5) is 0 Å². The molecule has 0 aromatic carbocycles. The zero-order valence-corrected chi connectivity index (χ0v) is 10.8. The molecule has 1 nitrogen and oxygen atoms in total. The molecule has 1 heteroatoms. The molecule has 1 aliphatic rings. The Morgan fingerprint density at radius 3 is 1.93 bits per heavy atom. The average Bonchev–Trinajstić information content (AvgIpc) is 2.03. The van der Waals surface area contributed by atoms with Crippen LogP contribution in [0.15, 0.2) is 0 Å². The largest absolute Gasteiger partial charge is 0.381 e. The van der Waals surface area contributed by atoms with Gasteiger partial charge in [-0.05, 0) is 37.0 Å². The van der Waals surface area contributed by atoms with Gasteiger partial charge in [-0.1, -0.05) is 34.6 Å². The van der Waals surface area contributed by atoms with Gasteiger partial charge >= 0.3 is 0 Å². The standard InChI is InChI=1S/C9H18O.C4H10/c1-7-4-5-9(10-3)8(2)6-7;1-4(2)3/h7-9H,4-6H2,1-3H3;4H,1-3H3/t7?,8-,9-;/m0./s1. The third-order valence-electron chi connectivity index (χ3n) is 2.66. The van der Waals surface area contributed by atoms with Crippen molar-refractivity contribution in [3.8, 4) is 0 Å². The van der Waals surface area contributed by atoms with Crippen molar-refractivity contribution in [3.63, 3.8) is 0 Å². The van der Waals surface area contributed by atoms with Crippen molar-refractivity contribution in [2.24, 2.45) is 17.8 Å². The first-order valence-corrected chi connectivity index (χ1v) is 6.00. The van der Waals surface area contributed by atoms with E-state index in [9.17, 15) is 0 Å². The zero-order valence-electron chi connectivity index (χ0n) is 10.8.